The summed E-state index contributed by atoms with van der Waals surface area (Å²) in [5.41, 5.74) is 3.86. The van der Waals surface area contributed by atoms with E-state index in [0.717, 1.165) is 55.8 Å². The molecule has 0 unspecified atom stereocenters. The number of halogens is 1. The summed E-state index contributed by atoms with van der Waals surface area (Å²) in [5.74, 6) is -2.00. The number of carbonyl (C=O) groups excluding carboxylic acids is 3. The third-order valence-corrected chi connectivity index (χ3v) is 15.7. The van der Waals surface area contributed by atoms with Crippen molar-refractivity contribution < 1.29 is 24.0 Å². The maximum Gasteiger partial charge on any atom is 0.356 e. The average Bonchev–Trinajstić information content (AvgIpc) is 3.88. The van der Waals surface area contributed by atoms with Gasteiger partial charge >= 0.3 is 5.97 Å². The number of esters is 1. The Morgan fingerprint density at radius 3 is 1.45 bits per heavy atom. The molecule has 0 aliphatic carbocycles. The first-order valence-corrected chi connectivity index (χ1v) is 26.8. The fraction of sp³-hybridized carbons (Fsp3) is 0.109. The summed E-state index contributed by atoms with van der Waals surface area (Å²) in [6.45, 7) is 0. The number of thiazole rings is 1. The zero-order valence-electron chi connectivity index (χ0n) is 41.4. The number of benzene rings is 8. The number of rotatable bonds is 17. The third kappa shape index (κ3) is 9.83. The predicted molar refractivity (Wildman–Crippen MR) is 305 cm³/mol. The Kier molecular flexibility index (Phi) is 14.7. The van der Waals surface area contributed by atoms with Gasteiger partial charge < -0.3 is 20.2 Å². The molecular weight excluding hydrogens is 1020 g/mol. The molecule has 11 rings (SSSR count). The topological polar surface area (TPSA) is 122 Å². The minimum absolute atomic E-state index is 0.0183. The summed E-state index contributed by atoms with van der Waals surface area (Å²) >= 11 is 13.2. The van der Waals surface area contributed by atoms with Gasteiger partial charge in [-0.1, -0.05) is 271 Å². The summed E-state index contributed by atoms with van der Waals surface area (Å²) in [7, 11) is 0. The van der Waals surface area contributed by atoms with E-state index in [1.165, 1.54) is 4.90 Å². The van der Waals surface area contributed by atoms with E-state index in [4.69, 9.17) is 43.9 Å². The molecule has 13 heteroatoms. The van der Waals surface area contributed by atoms with Crippen LogP contribution >= 0.6 is 35.6 Å². The number of allylic oxidation sites excluding steroid dienone is 1. The highest BCUT2D eigenvalue weighted by Crippen LogP contribution is 2.45. The van der Waals surface area contributed by atoms with Crippen LogP contribution in [0.1, 0.15) is 69.1 Å². The lowest BCUT2D eigenvalue weighted by atomic mass is 9.77. The molecule has 380 valence electrons. The Morgan fingerprint density at radius 1 is 0.623 bits per heavy atom. The van der Waals surface area contributed by atoms with E-state index in [2.05, 4.69) is 47.0 Å². The van der Waals surface area contributed by atoms with Crippen molar-refractivity contribution in [1.29, 1.82) is 0 Å². The van der Waals surface area contributed by atoms with E-state index in [0.29, 0.717) is 22.9 Å². The summed E-state index contributed by atoms with van der Waals surface area (Å²) in [6, 6.07) is 76.3. The fourth-order valence-corrected chi connectivity index (χ4v) is 11.8. The van der Waals surface area contributed by atoms with Gasteiger partial charge in [-0.05, 0) is 40.7 Å². The Morgan fingerprint density at radius 2 is 1.03 bits per heavy atom. The van der Waals surface area contributed by atoms with E-state index in [-0.39, 0.29) is 21.4 Å². The van der Waals surface area contributed by atoms with Gasteiger partial charge in [-0.25, -0.2) is 9.78 Å². The van der Waals surface area contributed by atoms with Gasteiger partial charge in [0.15, 0.2) is 16.9 Å². The first kappa shape index (κ1) is 50.6. The molecule has 2 aliphatic rings. The normalized spacial score (nSPS) is 15.5. The standard InChI is InChI=1S/C64H50ClN5O5S2/c65-58-54(67-62(77-58)68-63(45-29-13-3-14-30-45,46-31-15-4-16-32-46)47-33-17-5-18-34-47)55(69-75-64(48-35-19-6-20-36-48,49-37-21-7-22-38-49)50-39-23-8-24-40-50)59(71)66-53-51-41-42-52(76)56(70(51)60(53)72)61(73)74-57(43-25-9-1-10-26-43)44-27-11-2-12-28-44/h1-40,51,53,57,76H,41-42H2,(H,66,71)(H,67,68)/b69-55+/t51-,53+/m1/s1. The zero-order chi connectivity index (χ0) is 52.8. The number of thiol groups is 1. The molecular formula is C64H50ClN5O5S2. The predicted octanol–water partition coefficient (Wildman–Crippen LogP) is 12.9. The minimum atomic E-state index is -1.41. The molecule has 2 aliphatic heterocycles. The Balaban J connectivity index is 0.988. The zero-order valence-corrected chi connectivity index (χ0v) is 43.8. The van der Waals surface area contributed by atoms with Crippen LogP contribution in [0.3, 0.4) is 0 Å². The number of nitrogens with one attached hydrogen (secondary N) is 2. The van der Waals surface area contributed by atoms with E-state index in [1.807, 2.05) is 206 Å². The van der Waals surface area contributed by atoms with Gasteiger partial charge in [-0.15, -0.1) is 12.6 Å². The van der Waals surface area contributed by atoms with Crippen molar-refractivity contribution >= 4 is 64.2 Å². The quantitative estimate of drug-likeness (QED) is 0.0207. The lowest BCUT2D eigenvalue weighted by molar-refractivity contribution is -0.158. The first-order chi connectivity index (χ1) is 37.8. The van der Waals surface area contributed by atoms with Crippen molar-refractivity contribution in [2.45, 2.75) is 42.2 Å². The largest absolute Gasteiger partial charge is 0.448 e. The molecule has 77 heavy (non-hydrogen) atoms. The number of oxime groups is 1. The molecule has 0 bridgehead atoms. The SMILES string of the molecule is O=C(OC(c1ccccc1)c1ccccc1)C1=C(S)CC[C@@H]2[C@H](NC(=O)/C(=N/OC(c3ccccc3)(c3ccccc3)c3ccccc3)c3nc(NC(c4ccccc4)(c4ccccc4)c4ccccc4)sc3Cl)C(=O)N12. The third-order valence-electron chi connectivity index (χ3n) is 14.1. The van der Waals surface area contributed by atoms with Crippen molar-refractivity contribution in [3.63, 3.8) is 0 Å². The maximum absolute atomic E-state index is 15.4. The van der Waals surface area contributed by atoms with Gasteiger partial charge in [0.05, 0.1) is 6.04 Å². The highest BCUT2D eigenvalue weighted by Gasteiger charge is 2.54. The van der Waals surface area contributed by atoms with Crippen LogP contribution in [0, 0.1) is 0 Å². The second-order valence-corrected chi connectivity index (χ2v) is 20.7. The lowest BCUT2D eigenvalue weighted by Gasteiger charge is -2.50. The molecule has 2 amide bonds. The summed E-state index contributed by atoms with van der Waals surface area (Å²) in [5, 5.41) is 12.0. The number of amides is 2. The molecule has 3 heterocycles. The Hall–Kier alpha value is -8.55. The van der Waals surface area contributed by atoms with Crippen LogP contribution in [0.25, 0.3) is 0 Å². The second kappa shape index (κ2) is 22.3. The van der Waals surface area contributed by atoms with Crippen LogP contribution in [0.15, 0.2) is 258 Å². The number of anilines is 1. The highest BCUT2D eigenvalue weighted by atomic mass is 35.5. The number of aromatic nitrogens is 1. The van der Waals surface area contributed by atoms with Crippen molar-refractivity contribution in [2.75, 3.05) is 5.32 Å². The molecule has 8 aromatic carbocycles. The number of nitrogens with zero attached hydrogens (tertiary/aromatic N) is 3. The van der Waals surface area contributed by atoms with Crippen molar-refractivity contribution in [3.8, 4) is 0 Å². The van der Waals surface area contributed by atoms with Gasteiger partial charge in [0.1, 0.15) is 27.3 Å². The van der Waals surface area contributed by atoms with Crippen molar-refractivity contribution in [1.82, 2.24) is 15.2 Å². The number of hydrogen-bond donors (Lipinski definition) is 3. The summed E-state index contributed by atoms with van der Waals surface area (Å²) < 4.78 is 6.40. The van der Waals surface area contributed by atoms with Crippen LogP contribution < -0.4 is 10.6 Å². The molecule has 0 saturated carbocycles. The number of β-lactam (4-membered cyclic amide) rings is 1. The summed E-state index contributed by atoms with van der Waals surface area (Å²) in [6.07, 6.45) is -0.00641. The molecule has 1 aromatic heterocycles. The van der Waals surface area contributed by atoms with E-state index >= 15 is 4.79 Å². The fourth-order valence-electron chi connectivity index (χ4n) is 10.4. The van der Waals surface area contributed by atoms with E-state index < -0.39 is 47.1 Å². The van der Waals surface area contributed by atoms with E-state index in [9.17, 15) is 9.59 Å². The van der Waals surface area contributed by atoms with Crippen LogP contribution in [0.5, 0.6) is 0 Å². The number of hydrogen-bond acceptors (Lipinski definition) is 10. The molecule has 10 nitrogen and oxygen atoms in total. The number of ether oxygens (including phenoxy) is 1. The van der Waals surface area contributed by atoms with Gasteiger partial charge in [-0.3, -0.25) is 14.5 Å². The number of fused-ring (bicyclic) bond motifs is 1. The van der Waals surface area contributed by atoms with Gasteiger partial charge in [0.25, 0.3) is 11.8 Å². The average molecular weight is 1070 g/mol. The molecule has 1 fully saturated rings. The molecule has 0 spiro atoms. The monoisotopic (exact) mass is 1070 g/mol. The van der Waals surface area contributed by atoms with Crippen LogP contribution in [-0.2, 0) is 35.1 Å². The van der Waals surface area contributed by atoms with Gasteiger partial charge in [0, 0.05) is 21.6 Å². The van der Waals surface area contributed by atoms with Gasteiger partial charge in [-0.2, -0.15) is 0 Å². The first-order valence-electron chi connectivity index (χ1n) is 25.2. The molecule has 9 aromatic rings. The second-order valence-electron chi connectivity index (χ2n) is 18.6. The minimum Gasteiger partial charge on any atom is -0.448 e. The van der Waals surface area contributed by atoms with E-state index in [1.54, 1.807) is 0 Å². The van der Waals surface area contributed by atoms with Crippen LogP contribution in [-0.4, -0.2) is 45.5 Å². The Labute approximate surface area is 461 Å². The number of carbonyl (C=O) groups is 3. The maximum atomic E-state index is 15.4. The highest BCUT2D eigenvalue weighted by molar-refractivity contribution is 7.84. The molecule has 1 saturated heterocycles. The van der Waals surface area contributed by atoms with Crippen LogP contribution in [0.4, 0.5) is 5.13 Å². The summed E-state index contributed by atoms with van der Waals surface area (Å²) in [4.78, 5) is 58.3. The lowest BCUT2D eigenvalue weighted by Crippen LogP contribution is -2.72. The van der Waals surface area contributed by atoms with Gasteiger partial charge in [0.2, 0.25) is 5.60 Å². The van der Waals surface area contributed by atoms with Crippen LogP contribution in [0.2, 0.25) is 4.34 Å². The molecule has 2 atom stereocenters. The molecule has 2 N–H and O–H groups in total. The molecule has 0 radical (unpaired) electrons. The smallest absolute Gasteiger partial charge is 0.356 e. The Bertz CT molecular complexity index is 3340. The van der Waals surface area contributed by atoms with Crippen molar-refractivity contribution in [3.05, 3.63) is 308 Å². The van der Waals surface area contributed by atoms with Crippen molar-refractivity contribution in [2.24, 2.45) is 5.16 Å².